The van der Waals surface area contributed by atoms with Crippen molar-refractivity contribution in [3.8, 4) is 5.75 Å². The van der Waals surface area contributed by atoms with Crippen LogP contribution in [0.15, 0.2) is 41.3 Å². The summed E-state index contributed by atoms with van der Waals surface area (Å²) in [6, 6.07) is 4.14. The van der Waals surface area contributed by atoms with E-state index >= 15 is 0 Å². The van der Waals surface area contributed by atoms with Gasteiger partial charge < -0.3 is 4.74 Å². The van der Waals surface area contributed by atoms with Crippen LogP contribution in [0.3, 0.4) is 0 Å². The van der Waals surface area contributed by atoms with Crippen LogP contribution in [0.2, 0.25) is 0 Å². The van der Waals surface area contributed by atoms with E-state index in [2.05, 4.69) is 4.74 Å². The van der Waals surface area contributed by atoms with Crippen molar-refractivity contribution >= 4 is 15.7 Å². The molecule has 0 aromatic heterocycles. The van der Waals surface area contributed by atoms with Crippen molar-refractivity contribution in [2.24, 2.45) is 0 Å². The smallest absolute Gasteiger partial charge is 0.418 e. The van der Waals surface area contributed by atoms with Gasteiger partial charge in [0.1, 0.15) is 22.3 Å². The van der Waals surface area contributed by atoms with Crippen molar-refractivity contribution < 1.29 is 35.1 Å². The Balaban J connectivity index is 2.50. The fraction of sp³-hybridized carbons (Fsp3) is 0.143. The Morgan fingerprint density at radius 3 is 2.25 bits per heavy atom. The Labute approximate surface area is 133 Å². The molecule has 24 heavy (non-hydrogen) atoms. The molecule has 0 atom stereocenters. The molecule has 0 unspecified atom stereocenters. The normalized spacial score (nSPS) is 12.1. The highest BCUT2D eigenvalue weighted by atomic mass is 32.2. The van der Waals surface area contributed by atoms with Crippen LogP contribution in [0.25, 0.3) is 0 Å². The summed E-state index contributed by atoms with van der Waals surface area (Å²) in [5, 5.41) is 0. The van der Waals surface area contributed by atoms with Crippen LogP contribution in [0, 0.1) is 11.6 Å². The van der Waals surface area contributed by atoms with E-state index in [-0.39, 0.29) is 5.75 Å². The lowest BCUT2D eigenvalue weighted by Gasteiger charge is -2.16. The summed E-state index contributed by atoms with van der Waals surface area (Å²) in [6.45, 7) is 0. The van der Waals surface area contributed by atoms with E-state index in [4.69, 9.17) is 0 Å². The molecule has 0 radical (unpaired) electrons. The topological polar surface area (TPSA) is 55.4 Å². The molecule has 0 fully saturated rings. The molecule has 0 saturated heterocycles. The van der Waals surface area contributed by atoms with E-state index in [0.717, 1.165) is 19.2 Å². The first-order chi connectivity index (χ1) is 11.0. The van der Waals surface area contributed by atoms with Crippen molar-refractivity contribution in [3.05, 3.63) is 53.6 Å². The molecule has 0 saturated carbocycles. The highest BCUT2D eigenvalue weighted by Gasteiger charge is 2.35. The van der Waals surface area contributed by atoms with Crippen LogP contribution >= 0.6 is 0 Å². The van der Waals surface area contributed by atoms with Gasteiger partial charge in [-0.05, 0) is 30.3 Å². The first-order valence-electron chi connectivity index (χ1n) is 6.27. The standard InChI is InChI=1S/C14H10F5NO3S/c1-23-9-3-4-12(10(7-9)14(17,18)19)20-24(21,22)13-5-2-8(15)6-11(13)16/h2-7,20H,1H3. The van der Waals surface area contributed by atoms with Crippen molar-refractivity contribution in [2.75, 3.05) is 11.8 Å². The number of anilines is 1. The zero-order chi connectivity index (χ0) is 18.1. The summed E-state index contributed by atoms with van der Waals surface area (Å²) in [6.07, 6.45) is -4.88. The Morgan fingerprint density at radius 2 is 1.71 bits per heavy atom. The van der Waals surface area contributed by atoms with Crippen molar-refractivity contribution in [1.29, 1.82) is 0 Å². The van der Waals surface area contributed by atoms with Gasteiger partial charge in [0.2, 0.25) is 0 Å². The summed E-state index contributed by atoms with van der Waals surface area (Å²) < 4.78 is 96.1. The van der Waals surface area contributed by atoms with E-state index in [1.54, 1.807) is 4.72 Å². The lowest BCUT2D eigenvalue weighted by Crippen LogP contribution is -2.18. The third-order valence-corrected chi connectivity index (χ3v) is 4.36. The lowest BCUT2D eigenvalue weighted by molar-refractivity contribution is -0.137. The van der Waals surface area contributed by atoms with E-state index in [1.165, 1.54) is 0 Å². The highest BCUT2D eigenvalue weighted by molar-refractivity contribution is 7.92. The molecule has 0 bridgehead atoms. The molecule has 4 nitrogen and oxygen atoms in total. The van der Waals surface area contributed by atoms with Gasteiger partial charge in [-0.3, -0.25) is 4.72 Å². The van der Waals surface area contributed by atoms with E-state index in [0.29, 0.717) is 24.3 Å². The number of alkyl halides is 3. The Bertz CT molecular complexity index is 865. The quantitative estimate of drug-likeness (QED) is 0.837. The van der Waals surface area contributed by atoms with Crippen LogP contribution in [0.1, 0.15) is 5.56 Å². The predicted molar refractivity (Wildman–Crippen MR) is 75.2 cm³/mol. The molecule has 0 spiro atoms. The second kappa shape index (κ2) is 6.27. The maximum Gasteiger partial charge on any atom is 0.418 e. The Hall–Kier alpha value is -2.36. The van der Waals surface area contributed by atoms with Crippen molar-refractivity contribution in [2.45, 2.75) is 11.1 Å². The number of nitrogens with one attached hydrogen (secondary N) is 1. The van der Waals surface area contributed by atoms with Crippen LogP contribution < -0.4 is 9.46 Å². The minimum Gasteiger partial charge on any atom is -0.497 e. The molecular weight excluding hydrogens is 357 g/mol. The molecule has 0 amide bonds. The van der Waals surface area contributed by atoms with Crippen LogP contribution in [-0.4, -0.2) is 15.5 Å². The minimum absolute atomic E-state index is 0.141. The number of rotatable bonds is 4. The second-order valence-electron chi connectivity index (χ2n) is 4.59. The summed E-state index contributed by atoms with van der Waals surface area (Å²) in [5.74, 6) is -2.59. The van der Waals surface area contributed by atoms with Gasteiger partial charge in [-0.15, -0.1) is 0 Å². The molecule has 0 aliphatic heterocycles. The van der Waals surface area contributed by atoms with Gasteiger partial charge in [-0.1, -0.05) is 0 Å². The van der Waals surface area contributed by atoms with Gasteiger partial charge in [-0.25, -0.2) is 17.2 Å². The molecule has 0 heterocycles. The van der Waals surface area contributed by atoms with Crippen molar-refractivity contribution in [1.82, 2.24) is 0 Å². The first-order valence-corrected chi connectivity index (χ1v) is 7.76. The number of sulfonamides is 1. The highest BCUT2D eigenvalue weighted by Crippen LogP contribution is 2.38. The maximum absolute atomic E-state index is 13.6. The van der Waals surface area contributed by atoms with Gasteiger partial charge in [0, 0.05) is 6.07 Å². The van der Waals surface area contributed by atoms with E-state index < -0.39 is 44.0 Å². The van der Waals surface area contributed by atoms with E-state index in [1.807, 2.05) is 0 Å². The monoisotopic (exact) mass is 367 g/mol. The zero-order valence-corrected chi connectivity index (χ0v) is 12.8. The number of benzene rings is 2. The molecule has 2 aromatic carbocycles. The third kappa shape index (κ3) is 3.75. The summed E-state index contributed by atoms with van der Waals surface area (Å²) in [5.41, 5.74) is -2.13. The molecule has 130 valence electrons. The fourth-order valence-corrected chi connectivity index (χ4v) is 3.01. The summed E-state index contributed by atoms with van der Waals surface area (Å²) in [4.78, 5) is -0.979. The Morgan fingerprint density at radius 1 is 1.04 bits per heavy atom. The van der Waals surface area contributed by atoms with Gasteiger partial charge >= 0.3 is 6.18 Å². The number of halogens is 5. The predicted octanol–water partition coefficient (Wildman–Crippen LogP) is 3.79. The van der Waals surface area contributed by atoms with Crippen LogP contribution in [-0.2, 0) is 16.2 Å². The first kappa shape index (κ1) is 18.0. The molecule has 0 aliphatic rings. The molecule has 0 aliphatic carbocycles. The number of ether oxygens (including phenoxy) is 1. The largest absolute Gasteiger partial charge is 0.497 e. The number of methoxy groups -OCH3 is 1. The molecule has 2 aromatic rings. The molecular formula is C14H10F5NO3S. The minimum atomic E-state index is -4.88. The average Bonchev–Trinajstić information content (AvgIpc) is 2.45. The van der Waals surface area contributed by atoms with Crippen molar-refractivity contribution in [3.63, 3.8) is 0 Å². The number of hydrogen-bond donors (Lipinski definition) is 1. The zero-order valence-electron chi connectivity index (χ0n) is 12.0. The number of hydrogen-bond acceptors (Lipinski definition) is 3. The van der Waals surface area contributed by atoms with Crippen LogP contribution in [0.5, 0.6) is 5.75 Å². The fourth-order valence-electron chi connectivity index (χ4n) is 1.87. The maximum atomic E-state index is 13.6. The van der Waals surface area contributed by atoms with Gasteiger partial charge in [0.15, 0.2) is 0 Å². The third-order valence-electron chi connectivity index (χ3n) is 2.96. The summed E-state index contributed by atoms with van der Waals surface area (Å²) in [7, 11) is -3.55. The van der Waals surface area contributed by atoms with Gasteiger partial charge in [0.05, 0.1) is 18.4 Å². The molecule has 2 rings (SSSR count). The van der Waals surface area contributed by atoms with Gasteiger partial charge in [-0.2, -0.15) is 13.2 Å². The van der Waals surface area contributed by atoms with Crippen LogP contribution in [0.4, 0.5) is 27.6 Å². The Kier molecular flexibility index (Phi) is 4.70. The van der Waals surface area contributed by atoms with Gasteiger partial charge in [0.25, 0.3) is 10.0 Å². The molecule has 1 N–H and O–H groups in total. The average molecular weight is 367 g/mol. The lowest BCUT2D eigenvalue weighted by atomic mass is 10.1. The molecule has 10 heteroatoms. The second-order valence-corrected chi connectivity index (χ2v) is 6.24. The van der Waals surface area contributed by atoms with E-state index in [9.17, 15) is 30.4 Å². The SMILES string of the molecule is COc1ccc(NS(=O)(=O)c2ccc(F)cc2F)c(C(F)(F)F)c1. The summed E-state index contributed by atoms with van der Waals surface area (Å²) >= 11 is 0.